The van der Waals surface area contributed by atoms with Gasteiger partial charge in [0.1, 0.15) is 0 Å². The fourth-order valence-corrected chi connectivity index (χ4v) is 4.63. The van der Waals surface area contributed by atoms with Gasteiger partial charge >= 0.3 is 0 Å². The summed E-state index contributed by atoms with van der Waals surface area (Å²) in [6, 6.07) is 0. The lowest BCUT2D eigenvalue weighted by molar-refractivity contribution is 0.787. The summed E-state index contributed by atoms with van der Waals surface area (Å²) < 4.78 is 0. The van der Waals surface area contributed by atoms with E-state index in [-0.39, 0.29) is 8.80 Å². The monoisotopic (exact) mass is 225 g/mol. The number of allylic oxidation sites excluding steroid dienone is 9. The fourth-order valence-electron chi connectivity index (χ4n) is 3.17. The molecule has 0 nitrogen and oxygen atoms in total. The molecule has 2 unspecified atom stereocenters. The van der Waals surface area contributed by atoms with E-state index in [1.54, 1.807) is 11.1 Å². The van der Waals surface area contributed by atoms with Crippen LogP contribution in [-0.4, -0.2) is 8.80 Å². The van der Waals surface area contributed by atoms with Gasteiger partial charge in [-0.15, -0.1) is 6.58 Å². The highest BCUT2D eigenvalue weighted by molar-refractivity contribution is 6.58. The van der Waals surface area contributed by atoms with Gasteiger partial charge in [0.25, 0.3) is 0 Å². The molecule has 0 saturated carbocycles. The van der Waals surface area contributed by atoms with E-state index in [1.807, 2.05) is 0 Å². The molecule has 0 amide bonds. The van der Waals surface area contributed by atoms with Crippen LogP contribution in [0.25, 0.3) is 0 Å². The Kier molecular flexibility index (Phi) is 2.18. The summed E-state index contributed by atoms with van der Waals surface area (Å²) in [7, 11) is -0.311. The average molecular weight is 225 g/mol. The Morgan fingerprint density at radius 3 is 2.75 bits per heavy atom. The molecule has 3 aliphatic carbocycles. The molecule has 0 aliphatic heterocycles. The van der Waals surface area contributed by atoms with Gasteiger partial charge in [0.05, 0.1) is 8.80 Å². The zero-order valence-corrected chi connectivity index (χ0v) is 11.0. The molecule has 3 rings (SSSR count). The molecule has 0 aromatic rings. The van der Waals surface area contributed by atoms with Crippen molar-refractivity contribution in [1.29, 1.82) is 0 Å². The van der Waals surface area contributed by atoms with Crippen LogP contribution in [0.15, 0.2) is 59.3 Å². The quantitative estimate of drug-likeness (QED) is 0.502. The fraction of sp³-hybridized carbons (Fsp3) is 0.333. The van der Waals surface area contributed by atoms with Crippen molar-refractivity contribution in [3.8, 4) is 0 Å². The summed E-state index contributed by atoms with van der Waals surface area (Å²) in [5.74, 6) is 0.619. The van der Waals surface area contributed by atoms with Gasteiger partial charge < -0.3 is 0 Å². The molecule has 0 spiro atoms. The first-order valence-electron chi connectivity index (χ1n) is 5.98. The van der Waals surface area contributed by atoms with E-state index in [4.69, 9.17) is 0 Å². The first-order valence-corrected chi connectivity index (χ1v) is 8.55. The number of hydrogen-bond donors (Lipinski definition) is 0. The van der Waals surface area contributed by atoms with Gasteiger partial charge in [-0.2, -0.15) is 0 Å². The molecule has 0 heterocycles. The smallest absolute Gasteiger partial charge is 0.0501 e. The maximum atomic E-state index is 4.04. The van der Waals surface area contributed by atoms with Gasteiger partial charge in [-0.1, -0.05) is 43.5 Å². The Morgan fingerprint density at radius 1 is 1.31 bits per heavy atom. The van der Waals surface area contributed by atoms with Crippen molar-refractivity contribution in [2.45, 2.75) is 25.1 Å². The van der Waals surface area contributed by atoms with Crippen LogP contribution in [0.2, 0.25) is 18.6 Å². The second kappa shape index (κ2) is 3.46. The molecule has 1 heteroatoms. The van der Waals surface area contributed by atoms with E-state index in [0.29, 0.717) is 11.5 Å². The molecule has 1 radical (unpaired) electrons. The lowest BCUT2D eigenvalue weighted by atomic mass is 9.93. The van der Waals surface area contributed by atoms with Crippen molar-refractivity contribution in [1.82, 2.24) is 0 Å². The van der Waals surface area contributed by atoms with E-state index in [9.17, 15) is 0 Å². The molecule has 0 saturated heterocycles. The van der Waals surface area contributed by atoms with Crippen LogP contribution in [0.5, 0.6) is 0 Å². The minimum atomic E-state index is -0.311. The first-order chi connectivity index (χ1) is 7.72. The summed E-state index contributed by atoms with van der Waals surface area (Å²) in [4.78, 5) is 0. The zero-order chi connectivity index (χ0) is 11.3. The van der Waals surface area contributed by atoms with Crippen LogP contribution in [0, 0.1) is 5.92 Å². The zero-order valence-electron chi connectivity index (χ0n) is 9.96. The van der Waals surface area contributed by atoms with Crippen molar-refractivity contribution in [2.24, 2.45) is 5.92 Å². The van der Waals surface area contributed by atoms with Crippen LogP contribution in [0.4, 0.5) is 0 Å². The first kappa shape index (κ1) is 10.1. The van der Waals surface area contributed by atoms with Gasteiger partial charge in [-0.25, -0.2) is 0 Å². The van der Waals surface area contributed by atoms with Crippen molar-refractivity contribution in [3.63, 3.8) is 0 Å². The minimum Gasteiger partial charge on any atom is -0.103 e. The third kappa shape index (κ3) is 1.21. The minimum absolute atomic E-state index is 0.311. The molecule has 2 bridgehead atoms. The molecule has 0 aromatic heterocycles. The van der Waals surface area contributed by atoms with Crippen LogP contribution < -0.4 is 0 Å². The Hall–Kier alpha value is -1.08. The van der Waals surface area contributed by atoms with Gasteiger partial charge in [0, 0.05) is 5.92 Å². The van der Waals surface area contributed by atoms with E-state index < -0.39 is 0 Å². The average Bonchev–Trinajstić information content (AvgIpc) is 2.88. The normalized spacial score (nSPS) is 27.3. The summed E-state index contributed by atoms with van der Waals surface area (Å²) in [6.45, 7) is 8.82. The number of fused-ring (bicyclic) bond motifs is 3. The van der Waals surface area contributed by atoms with Gasteiger partial charge in [-0.3, -0.25) is 0 Å². The van der Waals surface area contributed by atoms with E-state index in [0.717, 1.165) is 0 Å². The maximum Gasteiger partial charge on any atom is 0.0501 e. The molecular formula is C15H17Si. The van der Waals surface area contributed by atoms with Crippen LogP contribution in [0.1, 0.15) is 6.42 Å². The molecule has 2 atom stereocenters. The molecular weight excluding hydrogens is 208 g/mol. The topological polar surface area (TPSA) is 0 Å². The van der Waals surface area contributed by atoms with Crippen molar-refractivity contribution in [3.05, 3.63) is 59.3 Å². The van der Waals surface area contributed by atoms with Crippen LogP contribution in [0.3, 0.4) is 0 Å². The highest BCUT2D eigenvalue weighted by atomic mass is 28.3. The second-order valence-electron chi connectivity index (χ2n) is 5.11. The number of rotatable bonds is 3. The van der Waals surface area contributed by atoms with Crippen LogP contribution >= 0.6 is 0 Å². The summed E-state index contributed by atoms with van der Waals surface area (Å²) in [6.07, 6.45) is 12.7. The van der Waals surface area contributed by atoms with Gasteiger partial charge in [-0.05, 0) is 34.3 Å². The van der Waals surface area contributed by atoms with Crippen molar-refractivity contribution >= 4 is 8.80 Å². The van der Waals surface area contributed by atoms with Gasteiger partial charge in [0.15, 0.2) is 0 Å². The highest BCUT2D eigenvalue weighted by Gasteiger charge is 2.36. The van der Waals surface area contributed by atoms with Crippen molar-refractivity contribution < 1.29 is 0 Å². The van der Waals surface area contributed by atoms with E-state index in [1.165, 1.54) is 17.6 Å². The molecule has 0 fully saturated rings. The Morgan fingerprint density at radius 2 is 2.06 bits per heavy atom. The molecule has 0 N–H and O–H groups in total. The Labute approximate surface area is 99.4 Å². The summed E-state index contributed by atoms with van der Waals surface area (Å²) in [5.41, 5.74) is 6.92. The highest BCUT2D eigenvalue weighted by Crippen LogP contribution is 2.50. The Bertz CT molecular complexity index is 472. The second-order valence-corrected chi connectivity index (χ2v) is 7.93. The number of hydrogen-bond acceptors (Lipinski definition) is 0. The predicted molar refractivity (Wildman–Crippen MR) is 71.9 cm³/mol. The molecule has 16 heavy (non-hydrogen) atoms. The van der Waals surface area contributed by atoms with E-state index in [2.05, 4.69) is 50.1 Å². The Balaban J connectivity index is 2.02. The van der Waals surface area contributed by atoms with Gasteiger partial charge in [0.2, 0.25) is 0 Å². The summed E-state index contributed by atoms with van der Waals surface area (Å²) in [5, 5.41) is 0. The van der Waals surface area contributed by atoms with Crippen molar-refractivity contribution in [2.75, 3.05) is 0 Å². The SMILES string of the molecule is C=CC(C1C=CC2=C3C=CC(=C21)C3)[Si](C)C. The summed E-state index contributed by atoms with van der Waals surface area (Å²) >= 11 is 0. The molecule has 0 aromatic carbocycles. The lowest BCUT2D eigenvalue weighted by Crippen LogP contribution is -2.18. The maximum absolute atomic E-state index is 4.04. The standard InChI is InChI=1S/C15H17Si/c1-4-14(16(2)3)13-8-7-12-10-5-6-11(9-10)15(12)13/h4-8,13-14H,1,9H2,2-3H3. The predicted octanol–water partition coefficient (Wildman–Crippen LogP) is 4.05. The molecule has 81 valence electrons. The van der Waals surface area contributed by atoms with E-state index >= 15 is 0 Å². The molecule has 3 aliphatic rings. The third-order valence-electron chi connectivity index (χ3n) is 3.96. The third-order valence-corrected chi connectivity index (χ3v) is 5.89. The van der Waals surface area contributed by atoms with Crippen LogP contribution in [-0.2, 0) is 0 Å². The largest absolute Gasteiger partial charge is 0.103 e. The lowest BCUT2D eigenvalue weighted by Gasteiger charge is -2.24.